The van der Waals surface area contributed by atoms with Gasteiger partial charge in [-0.15, -0.1) is 0 Å². The number of aromatic nitrogens is 2. The first-order chi connectivity index (χ1) is 16.8. The van der Waals surface area contributed by atoms with Crippen molar-refractivity contribution in [2.75, 3.05) is 7.05 Å². The Labute approximate surface area is 198 Å². The largest absolute Gasteiger partial charge is 0.493 e. The van der Waals surface area contributed by atoms with E-state index in [0.717, 1.165) is 0 Å². The summed E-state index contributed by atoms with van der Waals surface area (Å²) in [6.07, 6.45) is -7.50. The molecule has 0 aliphatic carbocycles. The number of nitrogens with zero attached hydrogens (tertiary/aromatic N) is 3. The number of nitrogens with one attached hydrogen (secondary N) is 1. The summed E-state index contributed by atoms with van der Waals surface area (Å²) in [5, 5.41) is 13.0. The molecular weight excluding hydrogens is 494 g/mol. The van der Waals surface area contributed by atoms with Gasteiger partial charge in [0.15, 0.2) is 0 Å². The van der Waals surface area contributed by atoms with Crippen molar-refractivity contribution in [1.29, 1.82) is 0 Å². The number of hydrogen-bond donors (Lipinski definition) is 2. The van der Waals surface area contributed by atoms with E-state index in [1.54, 1.807) is 24.3 Å². The molecule has 0 saturated heterocycles. The lowest BCUT2D eigenvalue weighted by molar-refractivity contribution is -0.143. The maximum Gasteiger partial charge on any atom is 0.416 e. The van der Waals surface area contributed by atoms with Crippen molar-refractivity contribution >= 4 is 29.6 Å². The second-order valence-electron chi connectivity index (χ2n) is 7.76. The Morgan fingerprint density at radius 3 is 2.25 bits per heavy atom. The molecule has 0 atom stereocenters. The second-order valence-corrected chi connectivity index (χ2v) is 7.76. The van der Waals surface area contributed by atoms with E-state index in [0.29, 0.717) is 38.1 Å². The van der Waals surface area contributed by atoms with Crippen LogP contribution in [0.4, 0.5) is 36.8 Å². The number of aromatic hydroxyl groups is 1. The third kappa shape index (κ3) is 4.51. The van der Waals surface area contributed by atoms with Gasteiger partial charge in [-0.3, -0.25) is 9.56 Å². The first-order valence-electron chi connectivity index (χ1n) is 10.2. The molecule has 7 nitrogen and oxygen atoms in total. The van der Waals surface area contributed by atoms with Gasteiger partial charge in [-0.05, 0) is 35.9 Å². The Balaban J connectivity index is 1.87. The number of imidazole rings is 1. The predicted octanol–water partition coefficient (Wildman–Crippen LogP) is 4.89. The number of allylic oxidation sites excluding steroid dienone is 1. The van der Waals surface area contributed by atoms with E-state index in [9.17, 15) is 41.0 Å². The van der Waals surface area contributed by atoms with Gasteiger partial charge in [-0.1, -0.05) is 18.2 Å². The Bertz CT molecular complexity index is 1450. The van der Waals surface area contributed by atoms with Crippen molar-refractivity contribution in [3.05, 3.63) is 80.9 Å². The fraction of sp³-hybridized carbons (Fsp3) is 0.174. The van der Waals surface area contributed by atoms with Crippen molar-refractivity contribution in [3.8, 4) is 5.88 Å². The number of fused-ring (bicyclic) bond motifs is 1. The second kappa shape index (κ2) is 8.73. The van der Waals surface area contributed by atoms with Crippen molar-refractivity contribution < 1.29 is 36.2 Å². The Hall–Kier alpha value is -4.29. The zero-order valence-corrected chi connectivity index (χ0v) is 18.3. The average molecular weight is 510 g/mol. The third-order valence-electron chi connectivity index (χ3n) is 5.40. The van der Waals surface area contributed by atoms with Gasteiger partial charge >= 0.3 is 24.1 Å². The molecule has 13 heteroatoms. The van der Waals surface area contributed by atoms with Crippen LogP contribution < -0.4 is 11.0 Å². The highest BCUT2D eigenvalue weighted by molar-refractivity contribution is 6.21. The minimum absolute atomic E-state index is 0.0471. The summed E-state index contributed by atoms with van der Waals surface area (Å²) in [6.45, 7) is -0.873. The minimum atomic E-state index is -5.10. The number of carbonyl (C=O) groups excluding carboxylic acids is 1. The molecular formula is C23H16F6N4O3. The van der Waals surface area contributed by atoms with Gasteiger partial charge < -0.3 is 10.4 Å². The summed E-state index contributed by atoms with van der Waals surface area (Å²) in [6, 6.07) is 6.70. The van der Waals surface area contributed by atoms with Crippen molar-refractivity contribution in [1.82, 2.24) is 14.5 Å². The molecule has 2 N–H and O–H groups in total. The number of halogens is 6. The number of amides is 1. The van der Waals surface area contributed by atoms with Crippen LogP contribution in [0.25, 0.3) is 11.6 Å². The number of rotatable bonds is 3. The molecule has 2 heterocycles. The quantitative estimate of drug-likeness (QED) is 0.492. The number of benzene rings is 2. The summed E-state index contributed by atoms with van der Waals surface area (Å²) in [7, 11) is 1.20. The first-order valence-corrected chi connectivity index (χ1v) is 10.2. The lowest BCUT2D eigenvalue weighted by atomic mass is 10.0. The summed E-state index contributed by atoms with van der Waals surface area (Å²) in [5.41, 5.74) is -3.61. The van der Waals surface area contributed by atoms with Crippen LogP contribution in [-0.2, 0) is 18.9 Å². The maximum absolute atomic E-state index is 13.2. The molecule has 0 fully saturated rings. The van der Waals surface area contributed by atoms with Gasteiger partial charge in [0.25, 0.3) is 0 Å². The smallest absolute Gasteiger partial charge is 0.416 e. The fourth-order valence-corrected chi connectivity index (χ4v) is 3.73. The molecule has 0 radical (unpaired) electrons. The van der Waals surface area contributed by atoms with E-state index < -0.39 is 53.2 Å². The maximum atomic E-state index is 13.2. The highest BCUT2D eigenvalue weighted by atomic mass is 19.4. The normalized spacial score (nSPS) is 14.4. The lowest BCUT2D eigenvalue weighted by Crippen LogP contribution is -2.35. The molecule has 1 aromatic heterocycles. The van der Waals surface area contributed by atoms with E-state index in [4.69, 9.17) is 0 Å². The molecule has 3 aromatic rings. The zero-order chi connectivity index (χ0) is 26.4. The number of hydrogen-bond acceptors (Lipinski definition) is 4. The van der Waals surface area contributed by atoms with Crippen molar-refractivity contribution in [3.63, 3.8) is 0 Å². The van der Waals surface area contributed by atoms with E-state index >= 15 is 0 Å². The SMILES string of the molecule is CNC(=O)n1c(/C=C2\C=Nc3ccccc32)c(O)n(Cc2cc(C(F)(F)F)cc(C(F)(F)F)c2)c1=O. The van der Waals surface area contributed by atoms with Gasteiger partial charge in [-0.2, -0.15) is 26.3 Å². The van der Waals surface area contributed by atoms with Crippen LogP contribution in [0, 0.1) is 0 Å². The molecule has 0 unspecified atom stereocenters. The molecule has 36 heavy (non-hydrogen) atoms. The van der Waals surface area contributed by atoms with Gasteiger partial charge in [-0.25, -0.2) is 14.2 Å². The average Bonchev–Trinajstić information content (AvgIpc) is 3.32. The van der Waals surface area contributed by atoms with Crippen LogP contribution in [0.2, 0.25) is 0 Å². The number of alkyl halides is 6. The standard InChI is InChI=1S/C23H16F6N4O3/c1-30-20(35)33-18(8-13-10-31-17-5-3-2-4-16(13)17)19(34)32(21(33)36)11-12-6-14(22(24,25)26)9-15(7-12)23(27,28)29/h2-10,34H,11H2,1H3,(H,30,35)/b13-8+. The number of para-hydroxylation sites is 1. The first kappa shape index (κ1) is 24.8. The van der Waals surface area contributed by atoms with E-state index in [1.807, 2.05) is 0 Å². The predicted molar refractivity (Wildman–Crippen MR) is 118 cm³/mol. The molecule has 188 valence electrons. The van der Waals surface area contributed by atoms with Crippen LogP contribution >= 0.6 is 0 Å². The van der Waals surface area contributed by atoms with Crippen LogP contribution in [0.15, 0.2) is 52.3 Å². The lowest BCUT2D eigenvalue weighted by Gasteiger charge is -2.14. The highest BCUT2D eigenvalue weighted by Crippen LogP contribution is 2.37. The van der Waals surface area contributed by atoms with E-state index in [2.05, 4.69) is 10.3 Å². The summed E-state index contributed by atoms with van der Waals surface area (Å²) < 4.78 is 80.5. The van der Waals surface area contributed by atoms with E-state index in [-0.39, 0.29) is 11.8 Å². The summed E-state index contributed by atoms with van der Waals surface area (Å²) in [5.74, 6) is -0.833. The molecule has 1 aliphatic rings. The van der Waals surface area contributed by atoms with Crippen LogP contribution in [-0.4, -0.2) is 33.5 Å². The van der Waals surface area contributed by atoms with Crippen LogP contribution in [0.1, 0.15) is 27.9 Å². The molecule has 0 bridgehead atoms. The highest BCUT2D eigenvalue weighted by Gasteiger charge is 2.37. The summed E-state index contributed by atoms with van der Waals surface area (Å²) >= 11 is 0. The Morgan fingerprint density at radius 1 is 1.06 bits per heavy atom. The third-order valence-corrected chi connectivity index (χ3v) is 5.40. The van der Waals surface area contributed by atoms with Crippen LogP contribution in [0.3, 0.4) is 0 Å². The van der Waals surface area contributed by atoms with Crippen LogP contribution in [0.5, 0.6) is 5.88 Å². The number of aliphatic imine (C=N–C) groups is 1. The Kier molecular flexibility index (Phi) is 6.02. The summed E-state index contributed by atoms with van der Waals surface area (Å²) in [4.78, 5) is 29.6. The molecule has 0 saturated carbocycles. The molecule has 2 aromatic carbocycles. The molecule has 0 spiro atoms. The van der Waals surface area contributed by atoms with Gasteiger partial charge in [0.05, 0.1) is 23.4 Å². The monoisotopic (exact) mass is 510 g/mol. The van der Waals surface area contributed by atoms with Gasteiger partial charge in [0.2, 0.25) is 5.88 Å². The molecule has 1 aliphatic heterocycles. The number of carbonyl (C=O) groups is 1. The Morgan fingerprint density at radius 2 is 1.67 bits per heavy atom. The van der Waals surface area contributed by atoms with Gasteiger partial charge in [0, 0.05) is 24.4 Å². The minimum Gasteiger partial charge on any atom is -0.493 e. The van der Waals surface area contributed by atoms with Gasteiger partial charge in [0.1, 0.15) is 5.69 Å². The van der Waals surface area contributed by atoms with Crippen molar-refractivity contribution in [2.24, 2.45) is 4.99 Å². The topological polar surface area (TPSA) is 88.6 Å². The zero-order valence-electron chi connectivity index (χ0n) is 18.3. The molecule has 4 rings (SSSR count). The fourth-order valence-electron chi connectivity index (χ4n) is 3.73. The van der Waals surface area contributed by atoms with E-state index in [1.165, 1.54) is 19.3 Å². The van der Waals surface area contributed by atoms with Crippen molar-refractivity contribution in [2.45, 2.75) is 18.9 Å². The molecule has 1 amide bonds.